The lowest BCUT2D eigenvalue weighted by Crippen LogP contribution is -2.52. The SMILES string of the molecule is CCNc1cc(NCC2CN(C)CCN2C)ccn1. The van der Waals surface area contributed by atoms with Gasteiger partial charge in [0, 0.05) is 56.7 Å². The molecule has 1 aliphatic rings. The summed E-state index contributed by atoms with van der Waals surface area (Å²) in [5, 5.41) is 6.75. The molecule has 0 spiro atoms. The van der Waals surface area contributed by atoms with Gasteiger partial charge in [-0.15, -0.1) is 0 Å². The first kappa shape index (κ1) is 14.1. The zero-order valence-electron chi connectivity index (χ0n) is 12.2. The molecule has 0 radical (unpaired) electrons. The van der Waals surface area contributed by atoms with Crippen LogP contribution in [0.25, 0.3) is 0 Å². The fraction of sp³-hybridized carbons (Fsp3) is 0.643. The molecule has 19 heavy (non-hydrogen) atoms. The molecular weight excluding hydrogens is 238 g/mol. The van der Waals surface area contributed by atoms with Gasteiger partial charge in [-0.25, -0.2) is 4.98 Å². The van der Waals surface area contributed by atoms with E-state index in [-0.39, 0.29) is 0 Å². The van der Waals surface area contributed by atoms with Crippen LogP contribution in [0.4, 0.5) is 11.5 Å². The van der Waals surface area contributed by atoms with E-state index in [1.165, 1.54) is 0 Å². The second kappa shape index (κ2) is 6.73. The van der Waals surface area contributed by atoms with E-state index >= 15 is 0 Å². The lowest BCUT2D eigenvalue weighted by Gasteiger charge is -2.37. The Morgan fingerprint density at radius 3 is 2.95 bits per heavy atom. The van der Waals surface area contributed by atoms with Crippen LogP contribution in [0.2, 0.25) is 0 Å². The highest BCUT2D eigenvalue weighted by Crippen LogP contribution is 2.13. The van der Waals surface area contributed by atoms with Gasteiger partial charge in [0.2, 0.25) is 0 Å². The van der Waals surface area contributed by atoms with Gasteiger partial charge in [-0.1, -0.05) is 0 Å². The number of hydrogen-bond acceptors (Lipinski definition) is 5. The maximum absolute atomic E-state index is 4.28. The standard InChI is InChI=1S/C14H25N5/c1-4-15-14-9-12(5-6-16-14)17-10-13-11-18(2)7-8-19(13)3/h5-6,9,13H,4,7-8,10-11H2,1-3H3,(H2,15,16,17). The Bertz CT molecular complexity index is 395. The van der Waals surface area contributed by atoms with Crippen LogP contribution in [0.1, 0.15) is 6.92 Å². The summed E-state index contributed by atoms with van der Waals surface area (Å²) >= 11 is 0. The summed E-state index contributed by atoms with van der Waals surface area (Å²) in [4.78, 5) is 9.10. The topological polar surface area (TPSA) is 43.4 Å². The fourth-order valence-electron chi connectivity index (χ4n) is 2.38. The normalized spacial score (nSPS) is 21.3. The molecule has 1 aromatic heterocycles. The number of piperazine rings is 1. The molecular formula is C14H25N5. The molecule has 2 N–H and O–H groups in total. The van der Waals surface area contributed by atoms with E-state index in [1.54, 1.807) is 0 Å². The van der Waals surface area contributed by atoms with Crippen molar-refractivity contribution in [3.63, 3.8) is 0 Å². The van der Waals surface area contributed by atoms with Crippen LogP contribution in [-0.4, -0.2) is 67.6 Å². The highest BCUT2D eigenvalue weighted by Gasteiger charge is 2.21. The van der Waals surface area contributed by atoms with Crippen molar-refractivity contribution in [2.45, 2.75) is 13.0 Å². The number of anilines is 2. The van der Waals surface area contributed by atoms with Gasteiger partial charge >= 0.3 is 0 Å². The van der Waals surface area contributed by atoms with Crippen LogP contribution >= 0.6 is 0 Å². The number of hydrogen-bond donors (Lipinski definition) is 2. The highest BCUT2D eigenvalue weighted by molar-refractivity contribution is 5.51. The second-order valence-electron chi connectivity index (χ2n) is 5.24. The molecule has 5 nitrogen and oxygen atoms in total. The maximum Gasteiger partial charge on any atom is 0.127 e. The van der Waals surface area contributed by atoms with Crippen LogP contribution in [0.15, 0.2) is 18.3 Å². The van der Waals surface area contributed by atoms with E-state index in [9.17, 15) is 0 Å². The van der Waals surface area contributed by atoms with Crippen LogP contribution < -0.4 is 10.6 Å². The van der Waals surface area contributed by atoms with Gasteiger partial charge < -0.3 is 15.5 Å². The van der Waals surface area contributed by atoms with Crippen molar-refractivity contribution >= 4 is 11.5 Å². The van der Waals surface area contributed by atoms with Crippen LogP contribution in [0, 0.1) is 0 Å². The monoisotopic (exact) mass is 263 g/mol. The van der Waals surface area contributed by atoms with Gasteiger partial charge in [-0.2, -0.15) is 0 Å². The number of rotatable bonds is 5. The highest BCUT2D eigenvalue weighted by atomic mass is 15.3. The summed E-state index contributed by atoms with van der Waals surface area (Å²) in [7, 11) is 4.39. The largest absolute Gasteiger partial charge is 0.383 e. The summed E-state index contributed by atoms with van der Waals surface area (Å²) in [5.74, 6) is 0.932. The van der Waals surface area contributed by atoms with Crippen molar-refractivity contribution in [2.75, 3.05) is 57.5 Å². The maximum atomic E-state index is 4.28. The minimum atomic E-state index is 0.564. The van der Waals surface area contributed by atoms with E-state index in [4.69, 9.17) is 0 Å². The third-order valence-corrected chi connectivity index (χ3v) is 3.64. The quantitative estimate of drug-likeness (QED) is 0.835. The number of aromatic nitrogens is 1. The Hall–Kier alpha value is -1.33. The first-order valence-electron chi connectivity index (χ1n) is 7.01. The molecule has 106 valence electrons. The number of pyridine rings is 1. The molecule has 1 aromatic rings. The van der Waals surface area contributed by atoms with Crippen molar-refractivity contribution in [3.05, 3.63) is 18.3 Å². The average Bonchev–Trinajstić information content (AvgIpc) is 2.41. The first-order valence-corrected chi connectivity index (χ1v) is 7.01. The molecule has 2 rings (SSSR count). The van der Waals surface area contributed by atoms with Gasteiger partial charge in [0.05, 0.1) is 0 Å². The minimum absolute atomic E-state index is 0.564. The number of likely N-dealkylation sites (N-methyl/N-ethyl adjacent to an activating group) is 2. The zero-order chi connectivity index (χ0) is 13.7. The minimum Gasteiger partial charge on any atom is -0.383 e. The zero-order valence-corrected chi connectivity index (χ0v) is 12.2. The molecule has 1 unspecified atom stereocenters. The van der Waals surface area contributed by atoms with Crippen molar-refractivity contribution in [2.24, 2.45) is 0 Å². The van der Waals surface area contributed by atoms with Gasteiger partial charge in [0.25, 0.3) is 0 Å². The summed E-state index contributed by atoms with van der Waals surface area (Å²) in [5.41, 5.74) is 1.13. The van der Waals surface area contributed by atoms with E-state index < -0.39 is 0 Å². The molecule has 0 aliphatic carbocycles. The fourth-order valence-corrected chi connectivity index (χ4v) is 2.38. The number of nitrogens with one attached hydrogen (secondary N) is 2. The summed E-state index contributed by atoms with van der Waals surface area (Å²) in [6.45, 7) is 7.36. The lowest BCUT2D eigenvalue weighted by molar-refractivity contribution is 0.122. The molecule has 0 aromatic carbocycles. The summed E-state index contributed by atoms with van der Waals surface area (Å²) < 4.78 is 0. The molecule has 0 amide bonds. The van der Waals surface area contributed by atoms with E-state index in [0.717, 1.165) is 44.2 Å². The van der Waals surface area contributed by atoms with E-state index in [1.807, 2.05) is 12.3 Å². The van der Waals surface area contributed by atoms with E-state index in [0.29, 0.717) is 6.04 Å². The van der Waals surface area contributed by atoms with Crippen molar-refractivity contribution in [1.82, 2.24) is 14.8 Å². The first-order chi connectivity index (χ1) is 9.19. The van der Waals surface area contributed by atoms with Crippen molar-refractivity contribution < 1.29 is 0 Å². The van der Waals surface area contributed by atoms with Gasteiger partial charge in [0.1, 0.15) is 5.82 Å². The Morgan fingerprint density at radius 1 is 1.32 bits per heavy atom. The predicted octanol–water partition coefficient (Wildman–Crippen LogP) is 1.17. The molecule has 1 atom stereocenters. The van der Waals surface area contributed by atoms with Crippen LogP contribution in [-0.2, 0) is 0 Å². The van der Waals surface area contributed by atoms with Crippen LogP contribution in [0.5, 0.6) is 0 Å². The van der Waals surface area contributed by atoms with Crippen molar-refractivity contribution in [3.8, 4) is 0 Å². The molecule has 1 fully saturated rings. The van der Waals surface area contributed by atoms with Gasteiger partial charge in [-0.3, -0.25) is 4.90 Å². The van der Waals surface area contributed by atoms with Gasteiger partial charge in [-0.05, 0) is 27.1 Å². The smallest absolute Gasteiger partial charge is 0.127 e. The molecule has 2 heterocycles. The second-order valence-corrected chi connectivity index (χ2v) is 5.24. The Balaban J connectivity index is 1.88. The molecule has 0 saturated carbocycles. The third-order valence-electron chi connectivity index (χ3n) is 3.64. The average molecular weight is 263 g/mol. The predicted molar refractivity (Wildman–Crippen MR) is 80.8 cm³/mol. The van der Waals surface area contributed by atoms with Crippen molar-refractivity contribution in [1.29, 1.82) is 0 Å². The molecule has 5 heteroatoms. The third kappa shape index (κ3) is 4.08. The van der Waals surface area contributed by atoms with Crippen LogP contribution in [0.3, 0.4) is 0 Å². The number of nitrogens with zero attached hydrogens (tertiary/aromatic N) is 3. The van der Waals surface area contributed by atoms with Gasteiger partial charge in [0.15, 0.2) is 0 Å². The summed E-state index contributed by atoms with van der Waals surface area (Å²) in [6, 6.07) is 4.65. The summed E-state index contributed by atoms with van der Waals surface area (Å²) in [6.07, 6.45) is 1.84. The molecule has 0 bridgehead atoms. The van der Waals surface area contributed by atoms with E-state index in [2.05, 4.69) is 52.5 Å². The molecule has 1 saturated heterocycles. The molecule has 1 aliphatic heterocycles. The lowest BCUT2D eigenvalue weighted by atomic mass is 10.2. The Kier molecular flexibility index (Phi) is 4.99. The Labute approximate surface area is 116 Å². The Morgan fingerprint density at radius 2 is 2.16 bits per heavy atom.